The van der Waals surface area contributed by atoms with Gasteiger partial charge in [-0.3, -0.25) is 4.79 Å². The van der Waals surface area contributed by atoms with Crippen LogP contribution >= 0.6 is 0 Å². The van der Waals surface area contributed by atoms with Crippen LogP contribution in [0.5, 0.6) is 0 Å². The molecule has 0 aliphatic carbocycles. The first-order valence-corrected chi connectivity index (χ1v) is 5.28. The van der Waals surface area contributed by atoms with Gasteiger partial charge in [0.1, 0.15) is 6.04 Å². The number of rotatable bonds is 3. The minimum Gasteiger partial charge on any atom is -0.322 e. The fourth-order valence-electron chi connectivity index (χ4n) is 1.80. The Morgan fingerprint density at radius 3 is 2.71 bits per heavy atom. The van der Waals surface area contributed by atoms with Crippen molar-refractivity contribution in [2.75, 3.05) is 11.9 Å². The summed E-state index contributed by atoms with van der Waals surface area (Å²) in [5.74, 6) is -4.72. The van der Waals surface area contributed by atoms with Gasteiger partial charge in [0.15, 0.2) is 17.5 Å². The predicted octanol–water partition coefficient (Wildman–Crippen LogP) is 2.10. The highest BCUT2D eigenvalue weighted by atomic mass is 19.2. The lowest BCUT2D eigenvalue weighted by atomic mass is 10.1. The number of carbonyl (C=O) groups is 1. The van der Waals surface area contributed by atoms with Crippen LogP contribution in [0.4, 0.5) is 18.9 Å². The van der Waals surface area contributed by atoms with Crippen molar-refractivity contribution in [3.05, 3.63) is 29.1 Å². The summed E-state index contributed by atoms with van der Waals surface area (Å²) in [6.45, 7) is 2.42. The fourth-order valence-corrected chi connectivity index (χ4v) is 1.80. The molecule has 0 aromatic heterocycles. The van der Waals surface area contributed by atoms with Crippen LogP contribution in [-0.2, 0) is 4.79 Å². The molecule has 1 amide bonds. The van der Waals surface area contributed by atoms with Gasteiger partial charge in [0.05, 0.1) is 5.69 Å². The van der Waals surface area contributed by atoms with E-state index in [1.807, 2.05) is 6.92 Å². The van der Waals surface area contributed by atoms with Crippen molar-refractivity contribution in [3.8, 4) is 0 Å². The highest BCUT2D eigenvalue weighted by Gasteiger charge is 2.34. The third kappa shape index (κ3) is 1.88. The zero-order valence-corrected chi connectivity index (χ0v) is 9.11. The summed E-state index contributed by atoms with van der Waals surface area (Å²) < 4.78 is 39.4. The first-order chi connectivity index (χ1) is 8.06. The number of amides is 1. The Bertz CT molecular complexity index is 476. The average molecular weight is 244 g/mol. The first kappa shape index (κ1) is 11.9. The average Bonchev–Trinajstić information content (AvgIpc) is 2.61. The summed E-state index contributed by atoms with van der Waals surface area (Å²) in [4.78, 5) is 11.5. The van der Waals surface area contributed by atoms with E-state index in [4.69, 9.17) is 0 Å². The summed E-state index contributed by atoms with van der Waals surface area (Å²) in [5.41, 5.74) is -0.164. The second kappa shape index (κ2) is 4.37. The highest BCUT2D eigenvalue weighted by molar-refractivity contribution is 6.02. The maximum absolute atomic E-state index is 13.4. The summed E-state index contributed by atoms with van der Waals surface area (Å²) in [5, 5.41) is 5.05. The van der Waals surface area contributed by atoms with E-state index in [2.05, 4.69) is 10.6 Å². The minimum absolute atomic E-state index is 0.111. The van der Waals surface area contributed by atoms with Crippen LogP contribution < -0.4 is 10.6 Å². The van der Waals surface area contributed by atoms with Gasteiger partial charge in [-0.15, -0.1) is 0 Å². The number of carbonyl (C=O) groups excluding carboxylic acids is 1. The Morgan fingerprint density at radius 1 is 1.35 bits per heavy atom. The summed E-state index contributed by atoms with van der Waals surface area (Å²) in [6.07, 6.45) is 0.769. The highest BCUT2D eigenvalue weighted by Crippen LogP contribution is 2.35. The van der Waals surface area contributed by atoms with Crippen LogP contribution in [0.3, 0.4) is 0 Å². The van der Waals surface area contributed by atoms with Crippen molar-refractivity contribution in [1.82, 2.24) is 5.32 Å². The molecule has 1 aromatic carbocycles. The molecular weight excluding hydrogens is 233 g/mol. The predicted molar refractivity (Wildman–Crippen MR) is 56.0 cm³/mol. The molecule has 17 heavy (non-hydrogen) atoms. The SMILES string of the molecule is CCCNC1C(=O)Nc2c1cc(F)c(F)c2F. The molecule has 2 rings (SSSR count). The lowest BCUT2D eigenvalue weighted by Gasteiger charge is -2.10. The quantitative estimate of drug-likeness (QED) is 0.799. The van der Waals surface area contributed by atoms with Gasteiger partial charge < -0.3 is 10.6 Å². The van der Waals surface area contributed by atoms with Crippen molar-refractivity contribution in [3.63, 3.8) is 0 Å². The molecule has 92 valence electrons. The van der Waals surface area contributed by atoms with Crippen molar-refractivity contribution in [1.29, 1.82) is 0 Å². The summed E-state index contributed by atoms with van der Waals surface area (Å²) in [6, 6.07) is 0.0217. The lowest BCUT2D eigenvalue weighted by molar-refractivity contribution is -0.117. The largest absolute Gasteiger partial charge is 0.322 e. The molecule has 0 bridgehead atoms. The standard InChI is InChI=1S/C11H11F3N2O/c1-2-3-15-10-5-4-6(12)7(13)8(14)9(5)16-11(10)17/h4,10,15H,2-3H2,1H3,(H,16,17). The van der Waals surface area contributed by atoms with Crippen LogP contribution in [0.2, 0.25) is 0 Å². The molecule has 0 spiro atoms. The second-order valence-corrected chi connectivity index (χ2v) is 3.83. The molecule has 1 aromatic rings. The molecule has 6 heteroatoms. The van der Waals surface area contributed by atoms with Gasteiger partial charge in [-0.1, -0.05) is 6.92 Å². The first-order valence-electron chi connectivity index (χ1n) is 5.28. The van der Waals surface area contributed by atoms with E-state index in [-0.39, 0.29) is 11.3 Å². The van der Waals surface area contributed by atoms with Crippen LogP contribution in [0.1, 0.15) is 24.9 Å². The van der Waals surface area contributed by atoms with Crippen molar-refractivity contribution in [2.45, 2.75) is 19.4 Å². The van der Waals surface area contributed by atoms with Crippen molar-refractivity contribution >= 4 is 11.6 Å². The molecule has 0 radical (unpaired) electrons. The van der Waals surface area contributed by atoms with E-state index in [0.29, 0.717) is 6.54 Å². The van der Waals surface area contributed by atoms with E-state index in [0.717, 1.165) is 12.5 Å². The van der Waals surface area contributed by atoms with Gasteiger partial charge in [0.2, 0.25) is 5.91 Å². The molecule has 1 aliphatic heterocycles. The molecule has 0 fully saturated rings. The molecule has 1 atom stereocenters. The van der Waals surface area contributed by atoms with E-state index in [1.165, 1.54) is 0 Å². The lowest BCUT2D eigenvalue weighted by Crippen LogP contribution is -2.28. The molecule has 2 N–H and O–H groups in total. The summed E-state index contributed by atoms with van der Waals surface area (Å²) >= 11 is 0. The minimum atomic E-state index is -1.57. The third-order valence-electron chi connectivity index (χ3n) is 2.61. The zero-order chi connectivity index (χ0) is 12.6. The molecule has 3 nitrogen and oxygen atoms in total. The Hall–Kier alpha value is -1.56. The molecule has 0 saturated heterocycles. The zero-order valence-electron chi connectivity index (χ0n) is 9.11. The normalized spacial score (nSPS) is 18.1. The number of halogens is 3. The van der Waals surface area contributed by atoms with E-state index >= 15 is 0 Å². The van der Waals surface area contributed by atoms with Gasteiger partial charge in [0, 0.05) is 5.56 Å². The van der Waals surface area contributed by atoms with Crippen molar-refractivity contribution < 1.29 is 18.0 Å². The van der Waals surface area contributed by atoms with Crippen molar-refractivity contribution in [2.24, 2.45) is 0 Å². The van der Waals surface area contributed by atoms with Gasteiger partial charge in [0.25, 0.3) is 0 Å². The number of fused-ring (bicyclic) bond motifs is 1. The monoisotopic (exact) mass is 244 g/mol. The van der Waals surface area contributed by atoms with E-state index in [1.54, 1.807) is 0 Å². The van der Waals surface area contributed by atoms with E-state index in [9.17, 15) is 18.0 Å². The maximum atomic E-state index is 13.4. The van der Waals surface area contributed by atoms with Gasteiger partial charge >= 0.3 is 0 Å². The Labute approximate surface area is 96.0 Å². The fraction of sp³-hybridized carbons (Fsp3) is 0.364. The van der Waals surface area contributed by atoms with E-state index < -0.39 is 29.4 Å². The number of benzene rings is 1. The number of hydrogen-bond acceptors (Lipinski definition) is 2. The topological polar surface area (TPSA) is 41.1 Å². The molecule has 0 saturated carbocycles. The van der Waals surface area contributed by atoms with Crippen LogP contribution in [-0.4, -0.2) is 12.5 Å². The molecule has 1 aliphatic rings. The number of nitrogens with one attached hydrogen (secondary N) is 2. The van der Waals surface area contributed by atoms with Crippen LogP contribution in [0.15, 0.2) is 6.07 Å². The second-order valence-electron chi connectivity index (χ2n) is 3.83. The molecular formula is C11H11F3N2O. The number of anilines is 1. The summed E-state index contributed by atoms with van der Waals surface area (Å²) in [7, 11) is 0. The Kier molecular flexibility index (Phi) is 3.06. The Morgan fingerprint density at radius 2 is 2.06 bits per heavy atom. The van der Waals surface area contributed by atoms with Gasteiger partial charge in [-0.05, 0) is 19.0 Å². The maximum Gasteiger partial charge on any atom is 0.246 e. The third-order valence-corrected chi connectivity index (χ3v) is 2.61. The van der Waals surface area contributed by atoms with Gasteiger partial charge in [-0.25, -0.2) is 13.2 Å². The van der Waals surface area contributed by atoms with Crippen LogP contribution in [0.25, 0.3) is 0 Å². The number of hydrogen-bond donors (Lipinski definition) is 2. The smallest absolute Gasteiger partial charge is 0.246 e. The molecule has 1 unspecified atom stereocenters. The van der Waals surface area contributed by atoms with Gasteiger partial charge in [-0.2, -0.15) is 0 Å². The Balaban J connectivity index is 2.43. The molecule has 1 heterocycles. The van der Waals surface area contributed by atoms with Crippen LogP contribution in [0, 0.1) is 17.5 Å².